The van der Waals surface area contributed by atoms with Crippen molar-refractivity contribution in [2.24, 2.45) is 0 Å². The van der Waals surface area contributed by atoms with Crippen molar-refractivity contribution in [1.29, 1.82) is 0 Å². The van der Waals surface area contributed by atoms with Crippen molar-refractivity contribution in [3.63, 3.8) is 0 Å². The van der Waals surface area contributed by atoms with Crippen LogP contribution in [0.25, 0.3) is 0 Å². The molecule has 0 aromatic heterocycles. The van der Waals surface area contributed by atoms with E-state index in [4.69, 9.17) is 4.74 Å². The van der Waals surface area contributed by atoms with Crippen LogP contribution >= 0.6 is 0 Å². The Morgan fingerprint density at radius 1 is 1.14 bits per heavy atom. The monoisotopic (exact) mass is 283 g/mol. The quantitative estimate of drug-likeness (QED) is 0.852. The number of nitrogens with one attached hydrogen (secondary N) is 1. The Morgan fingerprint density at radius 2 is 1.95 bits per heavy atom. The van der Waals surface area contributed by atoms with Crippen molar-refractivity contribution in [3.8, 4) is 11.5 Å². The first kappa shape index (κ1) is 14.1. The van der Waals surface area contributed by atoms with Gasteiger partial charge in [-0.2, -0.15) is 0 Å². The first-order valence-corrected chi connectivity index (χ1v) is 7.46. The smallest absolute Gasteiger partial charge is 0.132 e. The standard InChI is InChI=1S/C18H21NO2/c1-13-10-17(9-6-14(13)11-19-16-7-8-16)21-18-5-3-2-4-15(18)12-20/h2-6,9-10,16,19-20H,7-8,11-12H2,1H3. The number of para-hydroxylation sites is 1. The van der Waals surface area contributed by atoms with Crippen molar-refractivity contribution in [3.05, 3.63) is 59.2 Å². The molecule has 21 heavy (non-hydrogen) atoms. The SMILES string of the molecule is Cc1cc(Oc2ccccc2CO)ccc1CNC1CC1. The van der Waals surface area contributed by atoms with Crippen LogP contribution < -0.4 is 10.1 Å². The van der Waals surface area contributed by atoms with Gasteiger partial charge in [0, 0.05) is 18.2 Å². The third-order valence-corrected chi connectivity index (χ3v) is 3.84. The highest BCUT2D eigenvalue weighted by atomic mass is 16.5. The van der Waals surface area contributed by atoms with Crippen molar-refractivity contribution in [2.75, 3.05) is 0 Å². The van der Waals surface area contributed by atoms with Gasteiger partial charge in [0.25, 0.3) is 0 Å². The Balaban J connectivity index is 1.71. The molecule has 2 aromatic rings. The van der Waals surface area contributed by atoms with E-state index in [1.165, 1.54) is 24.0 Å². The van der Waals surface area contributed by atoms with Gasteiger partial charge in [0.05, 0.1) is 6.61 Å². The predicted molar refractivity (Wildman–Crippen MR) is 83.5 cm³/mol. The molecule has 1 fully saturated rings. The minimum absolute atomic E-state index is 0.0153. The molecule has 2 aromatic carbocycles. The van der Waals surface area contributed by atoms with Gasteiger partial charge in [-0.05, 0) is 49.1 Å². The average Bonchev–Trinajstić information content (AvgIpc) is 3.31. The third-order valence-electron chi connectivity index (χ3n) is 3.84. The summed E-state index contributed by atoms with van der Waals surface area (Å²) in [6.07, 6.45) is 2.61. The van der Waals surface area contributed by atoms with Crippen LogP contribution in [0.3, 0.4) is 0 Å². The molecular formula is C18H21NO2. The molecule has 0 amide bonds. The lowest BCUT2D eigenvalue weighted by Gasteiger charge is -2.12. The number of aryl methyl sites for hydroxylation is 1. The van der Waals surface area contributed by atoms with Crippen LogP contribution in [0.15, 0.2) is 42.5 Å². The summed E-state index contributed by atoms with van der Waals surface area (Å²) in [5.41, 5.74) is 3.33. The minimum Gasteiger partial charge on any atom is -0.457 e. The molecule has 1 saturated carbocycles. The summed E-state index contributed by atoms with van der Waals surface area (Å²) in [6, 6.07) is 14.4. The van der Waals surface area contributed by atoms with Gasteiger partial charge < -0.3 is 15.2 Å². The maximum atomic E-state index is 9.33. The molecule has 3 heteroatoms. The third kappa shape index (κ3) is 3.63. The lowest BCUT2D eigenvalue weighted by atomic mass is 10.1. The van der Waals surface area contributed by atoms with E-state index < -0.39 is 0 Å². The molecule has 0 radical (unpaired) electrons. The maximum Gasteiger partial charge on any atom is 0.132 e. The highest BCUT2D eigenvalue weighted by Crippen LogP contribution is 2.27. The molecule has 0 unspecified atom stereocenters. The molecular weight excluding hydrogens is 262 g/mol. The molecule has 0 saturated heterocycles. The van der Waals surface area contributed by atoms with Crippen LogP contribution in [0.1, 0.15) is 29.5 Å². The van der Waals surface area contributed by atoms with Crippen LogP contribution in [0.4, 0.5) is 0 Å². The van der Waals surface area contributed by atoms with Gasteiger partial charge in [-0.25, -0.2) is 0 Å². The second-order valence-electron chi connectivity index (χ2n) is 5.61. The molecule has 3 nitrogen and oxygen atoms in total. The number of hydrogen-bond donors (Lipinski definition) is 2. The largest absolute Gasteiger partial charge is 0.457 e. The first-order valence-electron chi connectivity index (χ1n) is 7.46. The maximum absolute atomic E-state index is 9.33. The van der Waals surface area contributed by atoms with E-state index in [9.17, 15) is 5.11 Å². The zero-order chi connectivity index (χ0) is 14.7. The van der Waals surface area contributed by atoms with Crippen LogP contribution in [-0.2, 0) is 13.2 Å². The van der Waals surface area contributed by atoms with E-state index in [1.807, 2.05) is 30.3 Å². The molecule has 0 aliphatic heterocycles. The molecule has 0 atom stereocenters. The molecule has 0 spiro atoms. The number of hydrogen-bond acceptors (Lipinski definition) is 3. The summed E-state index contributed by atoms with van der Waals surface area (Å²) in [6.45, 7) is 3.01. The fraction of sp³-hybridized carbons (Fsp3) is 0.333. The van der Waals surface area contributed by atoms with Crippen LogP contribution in [0.2, 0.25) is 0 Å². The van der Waals surface area contributed by atoms with Gasteiger partial charge in [0.2, 0.25) is 0 Å². The molecule has 3 rings (SSSR count). The Morgan fingerprint density at radius 3 is 2.67 bits per heavy atom. The lowest BCUT2D eigenvalue weighted by Crippen LogP contribution is -2.15. The predicted octanol–water partition coefficient (Wildman–Crippen LogP) is 3.53. The topological polar surface area (TPSA) is 41.5 Å². The fourth-order valence-electron chi connectivity index (χ4n) is 2.33. The molecule has 110 valence electrons. The van der Waals surface area contributed by atoms with E-state index in [0.29, 0.717) is 5.75 Å². The summed E-state index contributed by atoms with van der Waals surface area (Å²) < 4.78 is 5.89. The number of ether oxygens (including phenoxy) is 1. The number of rotatable bonds is 6. The van der Waals surface area contributed by atoms with Crippen molar-refractivity contribution in [1.82, 2.24) is 5.32 Å². The summed E-state index contributed by atoms with van der Waals surface area (Å²) in [4.78, 5) is 0. The summed E-state index contributed by atoms with van der Waals surface area (Å²) >= 11 is 0. The first-order chi connectivity index (χ1) is 10.3. The molecule has 2 N–H and O–H groups in total. The fourth-order valence-corrected chi connectivity index (χ4v) is 2.33. The van der Waals surface area contributed by atoms with E-state index in [-0.39, 0.29) is 6.61 Å². The zero-order valence-corrected chi connectivity index (χ0v) is 12.3. The molecule has 0 bridgehead atoms. The van der Waals surface area contributed by atoms with Gasteiger partial charge in [-0.15, -0.1) is 0 Å². The second kappa shape index (κ2) is 6.29. The van der Waals surface area contributed by atoms with Gasteiger partial charge in [0.1, 0.15) is 11.5 Å². The van der Waals surface area contributed by atoms with Crippen LogP contribution in [0, 0.1) is 6.92 Å². The van der Waals surface area contributed by atoms with E-state index in [0.717, 1.165) is 23.9 Å². The van der Waals surface area contributed by atoms with E-state index in [1.54, 1.807) is 0 Å². The number of aliphatic hydroxyl groups is 1. The summed E-state index contributed by atoms with van der Waals surface area (Å²) in [5, 5.41) is 12.9. The van der Waals surface area contributed by atoms with Gasteiger partial charge >= 0.3 is 0 Å². The Bertz CT molecular complexity index is 620. The van der Waals surface area contributed by atoms with Crippen LogP contribution in [-0.4, -0.2) is 11.1 Å². The summed E-state index contributed by atoms with van der Waals surface area (Å²) in [5.74, 6) is 1.52. The van der Waals surface area contributed by atoms with Crippen LogP contribution in [0.5, 0.6) is 11.5 Å². The zero-order valence-electron chi connectivity index (χ0n) is 12.3. The Labute approximate surface area is 125 Å². The van der Waals surface area contributed by atoms with Gasteiger partial charge in [0.15, 0.2) is 0 Å². The number of aliphatic hydroxyl groups excluding tert-OH is 1. The normalized spacial score (nSPS) is 14.2. The molecule has 1 aliphatic rings. The highest BCUT2D eigenvalue weighted by molar-refractivity contribution is 5.40. The average molecular weight is 283 g/mol. The van der Waals surface area contributed by atoms with E-state index in [2.05, 4.69) is 24.4 Å². The summed E-state index contributed by atoms with van der Waals surface area (Å²) in [7, 11) is 0. The number of benzene rings is 2. The van der Waals surface area contributed by atoms with E-state index >= 15 is 0 Å². The van der Waals surface area contributed by atoms with Gasteiger partial charge in [-0.1, -0.05) is 24.3 Å². The van der Waals surface area contributed by atoms with Crippen molar-refractivity contribution >= 4 is 0 Å². The molecule has 0 heterocycles. The Hall–Kier alpha value is -1.84. The highest BCUT2D eigenvalue weighted by Gasteiger charge is 2.20. The lowest BCUT2D eigenvalue weighted by molar-refractivity contribution is 0.276. The van der Waals surface area contributed by atoms with Crippen molar-refractivity contribution in [2.45, 2.75) is 39.0 Å². The van der Waals surface area contributed by atoms with Crippen molar-refractivity contribution < 1.29 is 9.84 Å². The second-order valence-corrected chi connectivity index (χ2v) is 5.61. The Kier molecular flexibility index (Phi) is 4.23. The molecule has 1 aliphatic carbocycles. The minimum atomic E-state index is -0.0153. The van der Waals surface area contributed by atoms with Gasteiger partial charge in [-0.3, -0.25) is 0 Å².